The molecule has 0 saturated heterocycles. The zero-order valence-corrected chi connectivity index (χ0v) is 14.2. The van der Waals surface area contributed by atoms with Gasteiger partial charge >= 0.3 is 5.97 Å². The molecule has 1 amide bonds. The first kappa shape index (κ1) is 17.5. The number of furan rings is 1. The number of hydrogen-bond donors (Lipinski definition) is 2. The molecule has 3 aromatic rings. The van der Waals surface area contributed by atoms with Crippen molar-refractivity contribution >= 4 is 35.2 Å². The predicted octanol–water partition coefficient (Wildman–Crippen LogP) is 4.95. The van der Waals surface area contributed by atoms with Crippen molar-refractivity contribution in [3.8, 4) is 11.1 Å². The minimum Gasteiger partial charge on any atom is -0.478 e. The van der Waals surface area contributed by atoms with Crippen molar-refractivity contribution in [2.45, 2.75) is 0 Å². The number of benzene rings is 2. The molecule has 0 unspecified atom stereocenters. The minimum atomic E-state index is -1.17. The minimum absolute atomic E-state index is 0.0683. The Labute approximate surface area is 154 Å². The average Bonchev–Trinajstić information content (AvgIpc) is 3.16. The van der Waals surface area contributed by atoms with Gasteiger partial charge < -0.3 is 14.8 Å². The van der Waals surface area contributed by atoms with E-state index in [1.807, 2.05) is 30.3 Å². The molecule has 0 aliphatic rings. The molecule has 3 rings (SSSR count). The number of carbonyl (C=O) groups excluding carboxylic acids is 1. The molecule has 2 aromatic carbocycles. The molecule has 0 spiro atoms. The fourth-order valence-corrected chi connectivity index (χ4v) is 2.57. The highest BCUT2D eigenvalue weighted by Gasteiger charge is 2.12. The number of hydrogen-bond acceptors (Lipinski definition) is 3. The first-order chi connectivity index (χ1) is 12.5. The number of carboxylic acids is 1. The van der Waals surface area contributed by atoms with E-state index in [-0.39, 0.29) is 16.3 Å². The first-order valence-corrected chi connectivity index (χ1v) is 8.05. The van der Waals surface area contributed by atoms with Crippen LogP contribution in [0.1, 0.15) is 15.9 Å². The standard InChI is InChI=1S/C20H14ClNO4/c21-16-5-6-18(17(11-16)20(24)25)22-19(23)7-4-13-2-1-3-14(10-13)15-8-9-26-12-15/h1-12H,(H,22,23)(H,24,25). The van der Waals surface area contributed by atoms with Crippen LogP contribution in [-0.2, 0) is 4.79 Å². The summed E-state index contributed by atoms with van der Waals surface area (Å²) in [7, 11) is 0. The van der Waals surface area contributed by atoms with Gasteiger partial charge in [-0.2, -0.15) is 0 Å². The lowest BCUT2D eigenvalue weighted by atomic mass is 10.1. The number of carboxylic acid groups (broad SMARTS) is 1. The average molecular weight is 368 g/mol. The largest absolute Gasteiger partial charge is 0.478 e. The maximum atomic E-state index is 12.1. The number of aromatic carboxylic acids is 1. The van der Waals surface area contributed by atoms with Gasteiger partial charge in [0, 0.05) is 16.7 Å². The van der Waals surface area contributed by atoms with Crippen LogP contribution in [0.2, 0.25) is 5.02 Å². The summed E-state index contributed by atoms with van der Waals surface area (Å²) < 4.78 is 5.07. The molecule has 1 heterocycles. The van der Waals surface area contributed by atoms with Gasteiger partial charge in [-0.25, -0.2) is 4.79 Å². The second-order valence-electron chi connectivity index (χ2n) is 5.46. The van der Waals surface area contributed by atoms with Crippen molar-refractivity contribution in [2.75, 3.05) is 5.32 Å². The summed E-state index contributed by atoms with van der Waals surface area (Å²) in [5.74, 6) is -1.61. The summed E-state index contributed by atoms with van der Waals surface area (Å²) in [5.41, 5.74) is 2.85. The van der Waals surface area contributed by atoms with Gasteiger partial charge in [0.25, 0.3) is 0 Å². The highest BCUT2D eigenvalue weighted by atomic mass is 35.5. The van der Waals surface area contributed by atoms with E-state index in [9.17, 15) is 14.7 Å². The SMILES string of the molecule is O=C(C=Cc1cccc(-c2ccoc2)c1)Nc1ccc(Cl)cc1C(=O)O. The maximum absolute atomic E-state index is 12.1. The summed E-state index contributed by atoms with van der Waals surface area (Å²) in [6, 6.07) is 13.7. The van der Waals surface area contributed by atoms with Crippen molar-refractivity contribution in [1.29, 1.82) is 0 Å². The Bertz CT molecular complexity index is 977. The van der Waals surface area contributed by atoms with Gasteiger partial charge in [-0.05, 0) is 47.5 Å². The topological polar surface area (TPSA) is 79.5 Å². The molecule has 0 bridgehead atoms. The van der Waals surface area contributed by atoms with Crippen molar-refractivity contribution in [1.82, 2.24) is 0 Å². The van der Waals surface area contributed by atoms with Gasteiger partial charge in [-0.15, -0.1) is 0 Å². The molecule has 1 aromatic heterocycles. The monoisotopic (exact) mass is 367 g/mol. The van der Waals surface area contributed by atoms with Crippen LogP contribution in [0.15, 0.2) is 71.6 Å². The highest BCUT2D eigenvalue weighted by Crippen LogP contribution is 2.22. The Morgan fingerprint density at radius 3 is 2.65 bits per heavy atom. The van der Waals surface area contributed by atoms with Crippen molar-refractivity contribution in [2.24, 2.45) is 0 Å². The van der Waals surface area contributed by atoms with Gasteiger partial charge in [-0.1, -0.05) is 29.8 Å². The summed E-state index contributed by atoms with van der Waals surface area (Å²) in [4.78, 5) is 23.4. The second-order valence-corrected chi connectivity index (χ2v) is 5.89. The van der Waals surface area contributed by atoms with Gasteiger partial charge in [0.15, 0.2) is 0 Å². The molecule has 26 heavy (non-hydrogen) atoms. The molecule has 0 saturated carbocycles. The van der Waals surface area contributed by atoms with E-state index in [2.05, 4.69) is 5.32 Å². The van der Waals surface area contributed by atoms with Crippen molar-refractivity contribution in [3.63, 3.8) is 0 Å². The third kappa shape index (κ3) is 4.20. The summed E-state index contributed by atoms with van der Waals surface area (Å²) >= 11 is 5.80. The molecule has 0 atom stereocenters. The van der Waals surface area contributed by atoms with E-state index < -0.39 is 11.9 Å². The summed E-state index contributed by atoms with van der Waals surface area (Å²) in [5, 5.41) is 12.0. The number of nitrogens with one attached hydrogen (secondary N) is 1. The van der Waals surface area contributed by atoms with E-state index in [0.29, 0.717) is 0 Å². The van der Waals surface area contributed by atoms with Crippen LogP contribution in [0.5, 0.6) is 0 Å². The molecule has 0 aliphatic heterocycles. The quantitative estimate of drug-likeness (QED) is 0.625. The zero-order chi connectivity index (χ0) is 18.5. The Balaban J connectivity index is 1.75. The van der Waals surface area contributed by atoms with Crippen LogP contribution >= 0.6 is 11.6 Å². The molecule has 0 fully saturated rings. The number of carbonyl (C=O) groups is 2. The maximum Gasteiger partial charge on any atom is 0.337 e. The van der Waals surface area contributed by atoms with E-state index in [0.717, 1.165) is 16.7 Å². The number of amides is 1. The van der Waals surface area contributed by atoms with Crippen LogP contribution in [0.25, 0.3) is 17.2 Å². The second kappa shape index (κ2) is 7.72. The third-order valence-corrected chi connectivity index (χ3v) is 3.87. The molecule has 0 aliphatic carbocycles. The summed E-state index contributed by atoms with van der Waals surface area (Å²) in [6.07, 6.45) is 6.23. The Morgan fingerprint density at radius 1 is 1.08 bits per heavy atom. The summed E-state index contributed by atoms with van der Waals surface area (Å²) in [6.45, 7) is 0. The van der Waals surface area contributed by atoms with Crippen LogP contribution in [0, 0.1) is 0 Å². The van der Waals surface area contributed by atoms with Crippen LogP contribution in [0.3, 0.4) is 0 Å². The van der Waals surface area contributed by atoms with Gasteiger partial charge in [0.05, 0.1) is 23.8 Å². The number of halogens is 1. The molecular weight excluding hydrogens is 354 g/mol. The molecule has 2 N–H and O–H groups in total. The number of anilines is 1. The van der Waals surface area contributed by atoms with E-state index in [1.165, 1.54) is 24.3 Å². The molecule has 130 valence electrons. The number of rotatable bonds is 5. The van der Waals surface area contributed by atoms with E-state index in [1.54, 1.807) is 18.6 Å². The van der Waals surface area contributed by atoms with Crippen LogP contribution in [0.4, 0.5) is 5.69 Å². The van der Waals surface area contributed by atoms with Gasteiger partial charge in [0.2, 0.25) is 5.91 Å². The highest BCUT2D eigenvalue weighted by molar-refractivity contribution is 6.31. The lowest BCUT2D eigenvalue weighted by Gasteiger charge is -2.07. The normalized spacial score (nSPS) is 10.8. The van der Waals surface area contributed by atoms with Crippen molar-refractivity contribution in [3.05, 3.63) is 83.3 Å². The third-order valence-electron chi connectivity index (χ3n) is 3.64. The zero-order valence-electron chi connectivity index (χ0n) is 13.5. The lowest BCUT2D eigenvalue weighted by molar-refractivity contribution is -0.111. The van der Waals surface area contributed by atoms with Gasteiger partial charge in [-0.3, -0.25) is 4.79 Å². The fraction of sp³-hybridized carbons (Fsp3) is 0. The fourth-order valence-electron chi connectivity index (χ4n) is 2.40. The molecule has 0 radical (unpaired) electrons. The van der Waals surface area contributed by atoms with Crippen molar-refractivity contribution < 1.29 is 19.1 Å². The first-order valence-electron chi connectivity index (χ1n) is 7.67. The molecule has 6 heteroatoms. The Morgan fingerprint density at radius 2 is 1.92 bits per heavy atom. The van der Waals surface area contributed by atoms with E-state index in [4.69, 9.17) is 16.0 Å². The molecular formula is C20H14ClNO4. The smallest absolute Gasteiger partial charge is 0.337 e. The molecule has 5 nitrogen and oxygen atoms in total. The van der Waals surface area contributed by atoms with Gasteiger partial charge in [0.1, 0.15) is 0 Å². The Kier molecular flexibility index (Phi) is 5.20. The van der Waals surface area contributed by atoms with Crippen LogP contribution in [-0.4, -0.2) is 17.0 Å². The lowest BCUT2D eigenvalue weighted by Crippen LogP contribution is -2.12. The Hall–Kier alpha value is -3.31. The van der Waals surface area contributed by atoms with E-state index >= 15 is 0 Å². The predicted molar refractivity (Wildman–Crippen MR) is 100 cm³/mol. The van der Waals surface area contributed by atoms with Crippen LogP contribution < -0.4 is 5.32 Å².